The average Bonchev–Trinajstić information content (AvgIpc) is 2.39. The molecule has 21 heavy (non-hydrogen) atoms. The molecule has 5 heteroatoms. The molecule has 0 radical (unpaired) electrons. The molecule has 0 aliphatic carbocycles. The fourth-order valence-electron chi connectivity index (χ4n) is 3.16. The van der Waals surface area contributed by atoms with Crippen LogP contribution in [0.2, 0.25) is 0 Å². The highest BCUT2D eigenvalue weighted by molar-refractivity contribution is 5.76. The van der Waals surface area contributed by atoms with E-state index in [0.29, 0.717) is 12.1 Å². The summed E-state index contributed by atoms with van der Waals surface area (Å²) >= 11 is 0. The molecule has 0 aromatic carbocycles. The van der Waals surface area contributed by atoms with E-state index in [4.69, 9.17) is 5.73 Å². The normalized spacial score (nSPS) is 26.3. The van der Waals surface area contributed by atoms with Gasteiger partial charge >= 0.3 is 0 Å². The lowest BCUT2D eigenvalue weighted by Crippen LogP contribution is -2.48. The number of hydrogen-bond acceptors (Lipinski definition) is 4. The van der Waals surface area contributed by atoms with Crippen molar-refractivity contribution in [3.8, 4) is 6.07 Å². The van der Waals surface area contributed by atoms with Crippen molar-refractivity contribution in [1.82, 2.24) is 10.2 Å². The van der Waals surface area contributed by atoms with Crippen LogP contribution >= 0.6 is 0 Å². The second kappa shape index (κ2) is 7.77. The molecule has 1 aliphatic rings. The first kappa shape index (κ1) is 17.9. The first-order valence-electron chi connectivity index (χ1n) is 7.99. The Morgan fingerprint density at radius 3 is 2.71 bits per heavy atom. The first-order chi connectivity index (χ1) is 9.77. The average molecular weight is 294 g/mol. The second-order valence-corrected chi connectivity index (χ2v) is 6.87. The maximum Gasteiger partial charge on any atom is 0.221 e. The van der Waals surface area contributed by atoms with Crippen LogP contribution in [0.25, 0.3) is 0 Å². The highest BCUT2D eigenvalue weighted by atomic mass is 16.1. The highest BCUT2D eigenvalue weighted by Crippen LogP contribution is 2.23. The molecule has 5 nitrogen and oxygen atoms in total. The van der Waals surface area contributed by atoms with Crippen LogP contribution in [0, 0.1) is 17.2 Å². The molecule has 0 aromatic heterocycles. The zero-order valence-electron chi connectivity index (χ0n) is 13.9. The van der Waals surface area contributed by atoms with Crippen molar-refractivity contribution in [2.24, 2.45) is 11.7 Å². The van der Waals surface area contributed by atoms with Crippen LogP contribution in [0.3, 0.4) is 0 Å². The van der Waals surface area contributed by atoms with Crippen LogP contribution in [0.5, 0.6) is 0 Å². The molecule has 3 N–H and O–H groups in total. The Morgan fingerprint density at radius 2 is 2.19 bits per heavy atom. The first-order valence-corrected chi connectivity index (χ1v) is 7.99. The molecule has 0 bridgehead atoms. The Bertz CT molecular complexity index is 390. The van der Waals surface area contributed by atoms with Gasteiger partial charge in [0.05, 0.1) is 12.0 Å². The summed E-state index contributed by atoms with van der Waals surface area (Å²) in [5.74, 6) is -0.201. The zero-order chi connectivity index (χ0) is 16.0. The number of amides is 1. The van der Waals surface area contributed by atoms with Crippen LogP contribution in [0.15, 0.2) is 0 Å². The van der Waals surface area contributed by atoms with Gasteiger partial charge < -0.3 is 5.73 Å². The van der Waals surface area contributed by atoms with E-state index in [-0.39, 0.29) is 11.8 Å². The Balaban J connectivity index is 2.46. The molecule has 120 valence electrons. The lowest BCUT2D eigenvalue weighted by atomic mass is 9.91. The number of hydrogen-bond donors (Lipinski definition) is 2. The van der Waals surface area contributed by atoms with Gasteiger partial charge in [-0.1, -0.05) is 0 Å². The van der Waals surface area contributed by atoms with Gasteiger partial charge in [0.1, 0.15) is 5.54 Å². The van der Waals surface area contributed by atoms with Gasteiger partial charge in [0.2, 0.25) is 5.91 Å². The number of piperidine rings is 1. The molecule has 0 saturated carbocycles. The number of rotatable bonds is 7. The number of nitrogens with zero attached hydrogens (tertiary/aromatic N) is 2. The van der Waals surface area contributed by atoms with E-state index < -0.39 is 5.54 Å². The third-order valence-electron chi connectivity index (χ3n) is 4.39. The molecular weight excluding hydrogens is 264 g/mol. The maximum absolute atomic E-state index is 11.3. The fraction of sp³-hybridized carbons (Fsp3) is 0.875. The van der Waals surface area contributed by atoms with E-state index in [2.05, 4.69) is 37.1 Å². The third-order valence-corrected chi connectivity index (χ3v) is 4.39. The summed E-state index contributed by atoms with van der Waals surface area (Å²) < 4.78 is 0. The van der Waals surface area contributed by atoms with E-state index in [1.165, 1.54) is 0 Å². The number of primary amides is 1. The third kappa shape index (κ3) is 5.64. The van der Waals surface area contributed by atoms with Crippen LogP contribution in [0.1, 0.15) is 53.4 Å². The lowest BCUT2D eigenvalue weighted by molar-refractivity contribution is -0.124. The van der Waals surface area contributed by atoms with E-state index in [9.17, 15) is 10.1 Å². The van der Waals surface area contributed by atoms with Gasteiger partial charge in [-0.2, -0.15) is 5.26 Å². The van der Waals surface area contributed by atoms with Gasteiger partial charge in [0.15, 0.2) is 0 Å². The van der Waals surface area contributed by atoms with E-state index in [0.717, 1.165) is 38.8 Å². The van der Waals surface area contributed by atoms with Gasteiger partial charge in [0, 0.05) is 18.6 Å². The quantitative estimate of drug-likeness (QED) is 0.747. The van der Waals surface area contributed by atoms with Gasteiger partial charge in [-0.05, 0) is 59.9 Å². The van der Waals surface area contributed by atoms with Crippen molar-refractivity contribution in [2.75, 3.05) is 13.1 Å². The Labute approximate surface area is 128 Å². The van der Waals surface area contributed by atoms with Crippen LogP contribution in [-0.2, 0) is 4.79 Å². The molecule has 1 heterocycles. The van der Waals surface area contributed by atoms with Crippen molar-refractivity contribution in [3.05, 3.63) is 0 Å². The summed E-state index contributed by atoms with van der Waals surface area (Å²) in [5.41, 5.74) is 4.95. The summed E-state index contributed by atoms with van der Waals surface area (Å²) in [6.07, 6.45) is 3.68. The minimum absolute atomic E-state index is 0.0164. The number of nitrogens with one attached hydrogen (secondary N) is 1. The number of carbonyl (C=O) groups is 1. The topological polar surface area (TPSA) is 82.2 Å². The fourth-order valence-corrected chi connectivity index (χ4v) is 3.16. The summed E-state index contributed by atoms with van der Waals surface area (Å²) in [4.78, 5) is 13.7. The molecule has 1 rings (SSSR count). The molecule has 0 spiro atoms. The lowest BCUT2D eigenvalue weighted by Gasteiger charge is -2.37. The summed E-state index contributed by atoms with van der Waals surface area (Å²) in [6, 6.07) is 3.17. The smallest absolute Gasteiger partial charge is 0.221 e. The maximum atomic E-state index is 11.3. The van der Waals surface area contributed by atoms with Crippen LogP contribution in [0.4, 0.5) is 0 Å². The molecule has 1 aliphatic heterocycles. The number of carbonyl (C=O) groups excluding carboxylic acids is 1. The van der Waals surface area contributed by atoms with Crippen molar-refractivity contribution in [1.29, 1.82) is 5.26 Å². The van der Waals surface area contributed by atoms with Crippen molar-refractivity contribution < 1.29 is 4.79 Å². The minimum Gasteiger partial charge on any atom is -0.369 e. The monoisotopic (exact) mass is 294 g/mol. The van der Waals surface area contributed by atoms with Crippen molar-refractivity contribution in [2.45, 2.75) is 71.0 Å². The molecule has 3 atom stereocenters. The molecule has 1 fully saturated rings. The zero-order valence-corrected chi connectivity index (χ0v) is 13.9. The van der Waals surface area contributed by atoms with E-state index >= 15 is 0 Å². The molecular formula is C16H30N4O. The van der Waals surface area contributed by atoms with Crippen LogP contribution < -0.4 is 11.1 Å². The Kier molecular flexibility index (Phi) is 6.63. The predicted molar refractivity (Wildman–Crippen MR) is 84.5 cm³/mol. The van der Waals surface area contributed by atoms with E-state index in [1.807, 2.05) is 6.92 Å². The van der Waals surface area contributed by atoms with Gasteiger partial charge in [-0.25, -0.2) is 0 Å². The van der Waals surface area contributed by atoms with Gasteiger partial charge in [0.25, 0.3) is 0 Å². The van der Waals surface area contributed by atoms with E-state index in [1.54, 1.807) is 0 Å². The minimum atomic E-state index is -0.476. The predicted octanol–water partition coefficient (Wildman–Crippen LogP) is 1.63. The number of likely N-dealkylation sites (tertiary alicyclic amines) is 1. The summed E-state index contributed by atoms with van der Waals surface area (Å²) in [5, 5.41) is 12.7. The summed E-state index contributed by atoms with van der Waals surface area (Å²) in [6.45, 7) is 9.95. The summed E-state index contributed by atoms with van der Waals surface area (Å²) in [7, 11) is 0. The largest absolute Gasteiger partial charge is 0.369 e. The standard InChI is InChI=1S/C16H30N4O/c1-12(2)19-16(4,11-17)8-5-9-20-10-14(15(18)21)7-6-13(20)3/h12-14,19H,5-10H2,1-4H3,(H2,18,21). The Morgan fingerprint density at radius 1 is 1.52 bits per heavy atom. The molecule has 0 aromatic rings. The number of nitriles is 1. The van der Waals surface area contributed by atoms with Gasteiger partial charge in [-0.15, -0.1) is 0 Å². The Hall–Kier alpha value is -1.12. The molecule has 3 unspecified atom stereocenters. The van der Waals surface area contributed by atoms with Gasteiger partial charge in [-0.3, -0.25) is 15.0 Å². The van der Waals surface area contributed by atoms with Crippen LogP contribution in [-0.4, -0.2) is 41.5 Å². The highest BCUT2D eigenvalue weighted by Gasteiger charge is 2.29. The number of nitrogens with two attached hydrogens (primary N) is 1. The molecule has 1 saturated heterocycles. The molecule has 1 amide bonds. The second-order valence-electron chi connectivity index (χ2n) is 6.87. The van der Waals surface area contributed by atoms with Crippen molar-refractivity contribution in [3.63, 3.8) is 0 Å². The van der Waals surface area contributed by atoms with Crippen molar-refractivity contribution >= 4 is 5.91 Å². The SMILES string of the molecule is CC(C)NC(C)(C#N)CCCN1CC(C(N)=O)CCC1C.